The van der Waals surface area contributed by atoms with E-state index in [0.29, 0.717) is 5.00 Å². The van der Waals surface area contributed by atoms with Crippen molar-refractivity contribution in [2.24, 2.45) is 5.92 Å². The van der Waals surface area contributed by atoms with E-state index in [2.05, 4.69) is 9.69 Å². The molecule has 7 heteroatoms. The van der Waals surface area contributed by atoms with Crippen LogP contribution in [-0.2, 0) is 9.53 Å². The molecule has 1 atom stereocenters. The molecule has 0 saturated carbocycles. The smallest absolute Gasteiger partial charge is 0.329 e. The molecule has 0 aliphatic heterocycles. The SMILES string of the molecule is CC(C)[C@@H](Nc1snc(Cl)c1C#N)C(=O)OC(C)(C)C. The number of nitriles is 1. The van der Waals surface area contributed by atoms with Crippen LogP contribution in [0.15, 0.2) is 0 Å². The monoisotopic (exact) mass is 315 g/mol. The summed E-state index contributed by atoms with van der Waals surface area (Å²) in [6.07, 6.45) is 0. The van der Waals surface area contributed by atoms with Crippen LogP contribution in [0.25, 0.3) is 0 Å². The first-order chi connectivity index (χ1) is 9.15. The first kappa shape index (κ1) is 16.7. The van der Waals surface area contributed by atoms with Crippen molar-refractivity contribution in [3.63, 3.8) is 0 Å². The van der Waals surface area contributed by atoms with Crippen LogP contribution in [0.3, 0.4) is 0 Å². The number of hydrogen-bond donors (Lipinski definition) is 1. The number of ether oxygens (including phenoxy) is 1. The van der Waals surface area contributed by atoms with Gasteiger partial charge in [-0.3, -0.25) is 0 Å². The summed E-state index contributed by atoms with van der Waals surface area (Å²) in [5, 5.41) is 12.7. The van der Waals surface area contributed by atoms with Gasteiger partial charge in [-0.05, 0) is 38.2 Å². The van der Waals surface area contributed by atoms with E-state index in [0.717, 1.165) is 11.5 Å². The Balaban J connectivity index is 2.94. The predicted octanol–water partition coefficient (Wildman–Crippen LogP) is 3.45. The van der Waals surface area contributed by atoms with Crippen LogP contribution >= 0.6 is 23.1 Å². The van der Waals surface area contributed by atoms with Gasteiger partial charge in [-0.2, -0.15) is 9.64 Å². The van der Waals surface area contributed by atoms with Crippen molar-refractivity contribution in [3.8, 4) is 6.07 Å². The molecule has 0 radical (unpaired) electrons. The second-order valence-electron chi connectivity index (χ2n) is 5.69. The maximum atomic E-state index is 12.2. The van der Waals surface area contributed by atoms with Crippen LogP contribution in [0.4, 0.5) is 5.00 Å². The lowest BCUT2D eigenvalue weighted by atomic mass is 10.0. The van der Waals surface area contributed by atoms with Crippen molar-refractivity contribution in [2.75, 3.05) is 5.32 Å². The van der Waals surface area contributed by atoms with Crippen molar-refractivity contribution in [3.05, 3.63) is 10.7 Å². The van der Waals surface area contributed by atoms with E-state index in [9.17, 15) is 4.79 Å². The summed E-state index contributed by atoms with van der Waals surface area (Å²) < 4.78 is 9.28. The molecule has 1 rings (SSSR count). The summed E-state index contributed by atoms with van der Waals surface area (Å²) in [6, 6.07) is 1.42. The Morgan fingerprint density at radius 2 is 2.10 bits per heavy atom. The fraction of sp³-hybridized carbons (Fsp3) is 0.615. The number of hydrogen-bond acceptors (Lipinski definition) is 6. The molecule has 0 spiro atoms. The summed E-state index contributed by atoms with van der Waals surface area (Å²) >= 11 is 6.87. The van der Waals surface area contributed by atoms with E-state index in [1.54, 1.807) is 0 Å². The predicted molar refractivity (Wildman–Crippen MR) is 79.9 cm³/mol. The van der Waals surface area contributed by atoms with Gasteiger partial charge in [-0.15, -0.1) is 0 Å². The molecule has 1 heterocycles. The van der Waals surface area contributed by atoms with Gasteiger partial charge in [0.2, 0.25) is 0 Å². The number of anilines is 1. The zero-order valence-electron chi connectivity index (χ0n) is 12.2. The van der Waals surface area contributed by atoms with Gasteiger partial charge in [-0.25, -0.2) is 4.79 Å². The average molecular weight is 316 g/mol. The number of nitrogens with one attached hydrogen (secondary N) is 1. The Kier molecular flexibility index (Phi) is 5.37. The Bertz CT molecular complexity index is 529. The first-order valence-electron chi connectivity index (χ1n) is 6.20. The highest BCUT2D eigenvalue weighted by atomic mass is 35.5. The summed E-state index contributed by atoms with van der Waals surface area (Å²) in [6.45, 7) is 9.23. The molecule has 5 nitrogen and oxygen atoms in total. The number of aromatic nitrogens is 1. The third-order valence-corrected chi connectivity index (χ3v) is 3.53. The van der Waals surface area contributed by atoms with Gasteiger partial charge in [0.25, 0.3) is 0 Å². The molecular formula is C13H18ClN3O2S. The van der Waals surface area contributed by atoms with Crippen LogP contribution in [0, 0.1) is 17.2 Å². The van der Waals surface area contributed by atoms with Crippen molar-refractivity contribution in [1.82, 2.24) is 4.37 Å². The Morgan fingerprint density at radius 1 is 1.50 bits per heavy atom. The van der Waals surface area contributed by atoms with Crippen molar-refractivity contribution in [1.29, 1.82) is 5.26 Å². The normalized spacial score (nSPS) is 12.9. The number of nitrogens with zero attached hydrogens (tertiary/aromatic N) is 2. The third kappa shape index (κ3) is 4.36. The lowest BCUT2D eigenvalue weighted by Crippen LogP contribution is -2.39. The molecule has 0 aromatic carbocycles. The van der Waals surface area contributed by atoms with Gasteiger partial charge in [0, 0.05) is 0 Å². The van der Waals surface area contributed by atoms with Crippen LogP contribution in [-0.4, -0.2) is 22.0 Å². The van der Waals surface area contributed by atoms with Crippen molar-refractivity contribution < 1.29 is 9.53 Å². The molecule has 1 N–H and O–H groups in total. The molecule has 0 aliphatic carbocycles. The van der Waals surface area contributed by atoms with Crippen LogP contribution < -0.4 is 5.32 Å². The van der Waals surface area contributed by atoms with Gasteiger partial charge < -0.3 is 10.1 Å². The van der Waals surface area contributed by atoms with E-state index < -0.39 is 11.6 Å². The lowest BCUT2D eigenvalue weighted by molar-refractivity contribution is -0.156. The van der Waals surface area contributed by atoms with Gasteiger partial charge >= 0.3 is 5.97 Å². The van der Waals surface area contributed by atoms with Crippen molar-refractivity contribution in [2.45, 2.75) is 46.3 Å². The lowest BCUT2D eigenvalue weighted by Gasteiger charge is -2.26. The Labute approximate surface area is 128 Å². The molecular weight excluding hydrogens is 298 g/mol. The Hall–Kier alpha value is -1.32. The first-order valence-corrected chi connectivity index (χ1v) is 7.35. The number of rotatable bonds is 4. The molecule has 0 aliphatic rings. The zero-order chi connectivity index (χ0) is 15.5. The molecule has 0 fully saturated rings. The van der Waals surface area contributed by atoms with Gasteiger partial charge in [0.15, 0.2) is 5.15 Å². The van der Waals surface area contributed by atoms with E-state index in [1.807, 2.05) is 40.7 Å². The van der Waals surface area contributed by atoms with E-state index >= 15 is 0 Å². The van der Waals surface area contributed by atoms with E-state index in [-0.39, 0.29) is 22.6 Å². The summed E-state index contributed by atoms with van der Waals surface area (Å²) in [7, 11) is 0. The van der Waals surface area contributed by atoms with Crippen LogP contribution in [0.1, 0.15) is 40.2 Å². The standard InChI is InChI=1S/C13H18ClN3O2S/c1-7(2)9(12(18)19-13(3,4)5)16-11-8(6-15)10(14)17-20-11/h7,9,16H,1-5H3/t9-/m1/s1. The maximum Gasteiger partial charge on any atom is 0.329 e. The molecule has 0 amide bonds. The second kappa shape index (κ2) is 6.42. The fourth-order valence-corrected chi connectivity index (χ4v) is 2.44. The van der Waals surface area contributed by atoms with Crippen LogP contribution in [0.2, 0.25) is 5.15 Å². The molecule has 110 valence electrons. The van der Waals surface area contributed by atoms with E-state index in [1.165, 1.54) is 0 Å². The molecule has 0 bridgehead atoms. The molecule has 0 saturated heterocycles. The molecule has 20 heavy (non-hydrogen) atoms. The quantitative estimate of drug-likeness (QED) is 0.861. The third-order valence-electron chi connectivity index (χ3n) is 2.38. The average Bonchev–Trinajstić information content (AvgIpc) is 2.63. The zero-order valence-corrected chi connectivity index (χ0v) is 13.7. The summed E-state index contributed by atoms with van der Waals surface area (Å²) in [4.78, 5) is 12.2. The number of carbonyl (C=O) groups is 1. The number of esters is 1. The molecule has 0 unspecified atom stereocenters. The topological polar surface area (TPSA) is 75.0 Å². The maximum absolute atomic E-state index is 12.2. The number of carbonyl (C=O) groups excluding carboxylic acids is 1. The molecule has 1 aromatic heterocycles. The minimum absolute atomic E-state index is 0.00253. The largest absolute Gasteiger partial charge is 0.458 e. The van der Waals surface area contributed by atoms with Crippen molar-refractivity contribution >= 4 is 34.1 Å². The highest BCUT2D eigenvalue weighted by Crippen LogP contribution is 2.29. The van der Waals surface area contributed by atoms with Gasteiger partial charge in [0.05, 0.1) is 0 Å². The molecule has 1 aromatic rings. The highest BCUT2D eigenvalue weighted by molar-refractivity contribution is 7.10. The van der Waals surface area contributed by atoms with Gasteiger partial charge in [0.1, 0.15) is 28.3 Å². The minimum atomic E-state index is -0.560. The Morgan fingerprint density at radius 3 is 2.55 bits per heavy atom. The van der Waals surface area contributed by atoms with E-state index in [4.69, 9.17) is 21.6 Å². The summed E-state index contributed by atoms with van der Waals surface area (Å²) in [5.41, 5.74) is -0.305. The fourth-order valence-electron chi connectivity index (χ4n) is 1.47. The summed E-state index contributed by atoms with van der Waals surface area (Å²) in [5.74, 6) is -0.363. The van der Waals surface area contributed by atoms with Crippen LogP contribution in [0.5, 0.6) is 0 Å². The second-order valence-corrected chi connectivity index (χ2v) is 6.82. The van der Waals surface area contributed by atoms with Gasteiger partial charge in [-0.1, -0.05) is 25.4 Å². The number of halogens is 1. The minimum Gasteiger partial charge on any atom is -0.458 e. The highest BCUT2D eigenvalue weighted by Gasteiger charge is 2.29.